The Kier molecular flexibility index (Phi) is 7.20. The van der Waals surface area contributed by atoms with Gasteiger partial charge in [0.2, 0.25) is 0 Å². The predicted molar refractivity (Wildman–Crippen MR) is 80.1 cm³/mol. The molecule has 0 spiro atoms. The minimum absolute atomic E-state index is 0.746. The molecule has 0 aromatic carbocycles. The van der Waals surface area contributed by atoms with Crippen LogP contribution in [0.25, 0.3) is 0 Å². The third-order valence-electron chi connectivity index (χ3n) is 4.08. The lowest BCUT2D eigenvalue weighted by molar-refractivity contribution is 0.216. The lowest BCUT2D eigenvalue weighted by Crippen LogP contribution is -2.36. The molecule has 0 aromatic rings. The van der Waals surface area contributed by atoms with Crippen LogP contribution in [0.4, 0.5) is 0 Å². The summed E-state index contributed by atoms with van der Waals surface area (Å²) in [5.74, 6) is 0.766. The number of rotatable bonds is 8. The average molecular weight is 255 g/mol. The highest BCUT2D eigenvalue weighted by atomic mass is 15.2. The minimum Gasteiger partial charge on any atom is -0.316 e. The van der Waals surface area contributed by atoms with Crippen molar-refractivity contribution in [2.24, 2.45) is 5.92 Å². The normalized spacial score (nSPS) is 23.2. The largest absolute Gasteiger partial charge is 0.316 e. The summed E-state index contributed by atoms with van der Waals surface area (Å²) in [6.45, 7) is 11.8. The molecule has 1 saturated heterocycles. The standard InChI is InChI=1S/C15H33N3/c1-13(2)11-16-9-6-7-14(3)18-10-8-15(12-18)17(4)5/h13-16H,6-12H2,1-5H3. The van der Waals surface area contributed by atoms with E-state index in [-0.39, 0.29) is 0 Å². The zero-order chi connectivity index (χ0) is 13.5. The zero-order valence-corrected chi connectivity index (χ0v) is 13.1. The quantitative estimate of drug-likeness (QED) is 0.670. The SMILES string of the molecule is CC(C)CNCCCC(C)N1CCC(N(C)C)C1. The van der Waals surface area contributed by atoms with Gasteiger partial charge in [-0.3, -0.25) is 4.90 Å². The van der Waals surface area contributed by atoms with E-state index < -0.39 is 0 Å². The second kappa shape index (κ2) is 8.13. The summed E-state index contributed by atoms with van der Waals surface area (Å²) < 4.78 is 0. The molecule has 1 aliphatic rings. The summed E-state index contributed by atoms with van der Waals surface area (Å²) in [5.41, 5.74) is 0. The topological polar surface area (TPSA) is 18.5 Å². The van der Waals surface area contributed by atoms with Gasteiger partial charge in [-0.25, -0.2) is 0 Å². The lowest BCUT2D eigenvalue weighted by Gasteiger charge is -2.26. The molecular formula is C15H33N3. The number of likely N-dealkylation sites (tertiary alicyclic amines) is 1. The highest BCUT2D eigenvalue weighted by molar-refractivity contribution is 4.83. The molecule has 1 fully saturated rings. The summed E-state index contributed by atoms with van der Waals surface area (Å²) in [5, 5.41) is 3.53. The first-order valence-corrected chi connectivity index (χ1v) is 7.62. The van der Waals surface area contributed by atoms with Crippen LogP contribution in [0.3, 0.4) is 0 Å². The Balaban J connectivity index is 2.08. The van der Waals surface area contributed by atoms with E-state index in [4.69, 9.17) is 0 Å². The first kappa shape index (κ1) is 15.9. The van der Waals surface area contributed by atoms with E-state index in [1.165, 1.54) is 38.9 Å². The molecule has 18 heavy (non-hydrogen) atoms. The van der Waals surface area contributed by atoms with Gasteiger partial charge in [0.25, 0.3) is 0 Å². The molecule has 108 valence electrons. The van der Waals surface area contributed by atoms with Crippen molar-refractivity contribution in [3.63, 3.8) is 0 Å². The van der Waals surface area contributed by atoms with Gasteiger partial charge < -0.3 is 10.2 Å². The maximum atomic E-state index is 3.53. The van der Waals surface area contributed by atoms with Crippen molar-refractivity contribution in [3.8, 4) is 0 Å². The Bertz CT molecular complexity index is 216. The monoisotopic (exact) mass is 255 g/mol. The molecule has 2 atom stereocenters. The van der Waals surface area contributed by atoms with Crippen LogP contribution >= 0.6 is 0 Å². The molecule has 1 N–H and O–H groups in total. The van der Waals surface area contributed by atoms with E-state index in [0.29, 0.717) is 0 Å². The van der Waals surface area contributed by atoms with Crippen molar-refractivity contribution in [2.45, 2.75) is 52.1 Å². The molecule has 2 unspecified atom stereocenters. The molecule has 3 heteroatoms. The highest BCUT2D eigenvalue weighted by Crippen LogP contribution is 2.18. The Morgan fingerprint density at radius 3 is 2.56 bits per heavy atom. The van der Waals surface area contributed by atoms with Crippen LogP contribution in [0.2, 0.25) is 0 Å². The number of nitrogens with one attached hydrogen (secondary N) is 1. The van der Waals surface area contributed by atoms with Crippen LogP contribution in [0.15, 0.2) is 0 Å². The first-order valence-electron chi connectivity index (χ1n) is 7.62. The van der Waals surface area contributed by atoms with Crippen LogP contribution in [0.1, 0.15) is 40.0 Å². The summed E-state index contributed by atoms with van der Waals surface area (Å²) in [4.78, 5) is 5.03. The van der Waals surface area contributed by atoms with Crippen molar-refractivity contribution in [1.82, 2.24) is 15.1 Å². The molecule has 0 aliphatic carbocycles. The predicted octanol–water partition coefficient (Wildman–Crippen LogP) is 2.04. The number of likely N-dealkylation sites (N-methyl/N-ethyl adjacent to an activating group) is 1. The van der Waals surface area contributed by atoms with E-state index in [0.717, 1.165) is 24.5 Å². The Hall–Kier alpha value is -0.120. The third-order valence-corrected chi connectivity index (χ3v) is 4.08. The van der Waals surface area contributed by atoms with Gasteiger partial charge in [0.15, 0.2) is 0 Å². The fourth-order valence-electron chi connectivity index (χ4n) is 2.69. The van der Waals surface area contributed by atoms with Gasteiger partial charge in [0.05, 0.1) is 0 Å². The minimum atomic E-state index is 0.746. The van der Waals surface area contributed by atoms with Crippen molar-refractivity contribution in [3.05, 3.63) is 0 Å². The Labute approximate surface area is 114 Å². The molecule has 0 bridgehead atoms. The molecule has 1 aliphatic heterocycles. The Morgan fingerprint density at radius 1 is 1.28 bits per heavy atom. The van der Waals surface area contributed by atoms with Crippen LogP contribution in [0, 0.1) is 5.92 Å². The molecule has 0 saturated carbocycles. The molecule has 0 amide bonds. The van der Waals surface area contributed by atoms with Crippen LogP contribution < -0.4 is 5.32 Å². The van der Waals surface area contributed by atoms with Crippen molar-refractivity contribution in [2.75, 3.05) is 40.3 Å². The van der Waals surface area contributed by atoms with E-state index in [1.807, 2.05) is 0 Å². The van der Waals surface area contributed by atoms with Gasteiger partial charge in [-0.15, -0.1) is 0 Å². The maximum absolute atomic E-state index is 3.53. The van der Waals surface area contributed by atoms with Gasteiger partial charge >= 0.3 is 0 Å². The number of hydrogen-bond acceptors (Lipinski definition) is 3. The van der Waals surface area contributed by atoms with Gasteiger partial charge in [-0.05, 0) is 59.3 Å². The molecule has 3 nitrogen and oxygen atoms in total. The van der Waals surface area contributed by atoms with Gasteiger partial charge in [0, 0.05) is 25.2 Å². The first-order chi connectivity index (χ1) is 8.50. The summed E-state index contributed by atoms with van der Waals surface area (Å²) >= 11 is 0. The van der Waals surface area contributed by atoms with Crippen molar-refractivity contribution in [1.29, 1.82) is 0 Å². The molecule has 1 heterocycles. The van der Waals surface area contributed by atoms with Gasteiger partial charge in [-0.1, -0.05) is 13.8 Å². The van der Waals surface area contributed by atoms with E-state index in [1.54, 1.807) is 0 Å². The van der Waals surface area contributed by atoms with Crippen LogP contribution in [0.5, 0.6) is 0 Å². The molecule has 0 aromatic heterocycles. The number of hydrogen-bond donors (Lipinski definition) is 1. The van der Waals surface area contributed by atoms with Crippen molar-refractivity contribution < 1.29 is 0 Å². The van der Waals surface area contributed by atoms with E-state index in [2.05, 4.69) is 50.0 Å². The van der Waals surface area contributed by atoms with E-state index in [9.17, 15) is 0 Å². The average Bonchev–Trinajstić information content (AvgIpc) is 2.77. The number of nitrogens with zero attached hydrogens (tertiary/aromatic N) is 2. The summed E-state index contributed by atoms with van der Waals surface area (Å²) in [6, 6.07) is 1.52. The fraction of sp³-hybridized carbons (Fsp3) is 1.00. The Morgan fingerprint density at radius 2 is 2.00 bits per heavy atom. The van der Waals surface area contributed by atoms with Gasteiger partial charge in [0.1, 0.15) is 0 Å². The van der Waals surface area contributed by atoms with Crippen molar-refractivity contribution >= 4 is 0 Å². The molecule has 1 rings (SSSR count). The molecular weight excluding hydrogens is 222 g/mol. The smallest absolute Gasteiger partial charge is 0.0229 e. The second-order valence-corrected chi connectivity index (χ2v) is 6.49. The fourth-order valence-corrected chi connectivity index (χ4v) is 2.69. The summed E-state index contributed by atoms with van der Waals surface area (Å²) in [7, 11) is 4.41. The van der Waals surface area contributed by atoms with E-state index >= 15 is 0 Å². The van der Waals surface area contributed by atoms with Gasteiger partial charge in [-0.2, -0.15) is 0 Å². The summed E-state index contributed by atoms with van der Waals surface area (Å²) in [6.07, 6.45) is 3.96. The maximum Gasteiger partial charge on any atom is 0.0229 e. The van der Waals surface area contributed by atoms with Crippen LogP contribution in [-0.2, 0) is 0 Å². The second-order valence-electron chi connectivity index (χ2n) is 6.49. The van der Waals surface area contributed by atoms with Crippen LogP contribution in [-0.4, -0.2) is 62.2 Å². The zero-order valence-electron chi connectivity index (χ0n) is 13.1. The third kappa shape index (κ3) is 5.68. The lowest BCUT2D eigenvalue weighted by atomic mass is 10.1. The molecule has 0 radical (unpaired) electrons. The highest BCUT2D eigenvalue weighted by Gasteiger charge is 2.26.